The molecule has 1 saturated carbocycles. The van der Waals surface area contributed by atoms with Gasteiger partial charge >= 0.3 is 0 Å². The zero-order valence-electron chi connectivity index (χ0n) is 9.04. The fourth-order valence-electron chi connectivity index (χ4n) is 2.50. The molecule has 1 aromatic carbocycles. The summed E-state index contributed by atoms with van der Waals surface area (Å²) in [6.45, 7) is 1.93. The molecule has 1 heterocycles. The zero-order valence-corrected chi connectivity index (χ0v) is 9.80. The van der Waals surface area contributed by atoms with Gasteiger partial charge in [0.05, 0.1) is 5.02 Å². The van der Waals surface area contributed by atoms with Gasteiger partial charge in [-0.15, -0.1) is 0 Å². The van der Waals surface area contributed by atoms with Crippen LogP contribution in [0.25, 0.3) is 0 Å². The second-order valence-corrected chi connectivity index (χ2v) is 5.02. The Morgan fingerprint density at radius 2 is 2.12 bits per heavy atom. The number of benzene rings is 1. The maximum absolute atomic E-state index is 13.2. The average molecular weight is 255 g/mol. The van der Waals surface area contributed by atoms with E-state index in [9.17, 15) is 9.18 Å². The van der Waals surface area contributed by atoms with Crippen molar-refractivity contribution in [3.8, 4) is 0 Å². The molecule has 1 saturated heterocycles. The Bertz CT molecular complexity index is 470. The average Bonchev–Trinajstić information content (AvgIpc) is 2.76. The Hall–Kier alpha value is -1.13. The van der Waals surface area contributed by atoms with Crippen LogP contribution in [0, 0.1) is 17.7 Å². The van der Waals surface area contributed by atoms with E-state index in [1.807, 2.05) is 0 Å². The first-order chi connectivity index (χ1) is 8.16. The molecule has 3 rings (SSSR count). The lowest BCUT2D eigenvalue weighted by Gasteiger charge is -2.08. The molecule has 0 aromatic heterocycles. The third-order valence-corrected chi connectivity index (χ3v) is 3.88. The molecule has 2 atom stereocenters. The van der Waals surface area contributed by atoms with E-state index < -0.39 is 5.82 Å². The number of fused-ring (bicyclic) bond motifs is 1. The topological polar surface area (TPSA) is 41.1 Å². The zero-order chi connectivity index (χ0) is 12.0. The summed E-state index contributed by atoms with van der Waals surface area (Å²) in [6, 6.07) is 4.37. The Morgan fingerprint density at radius 3 is 2.76 bits per heavy atom. The van der Waals surface area contributed by atoms with Crippen LogP contribution in [0.3, 0.4) is 0 Å². The molecule has 2 aliphatic rings. The summed E-state index contributed by atoms with van der Waals surface area (Å²) in [5.74, 6) is 0.323. The first kappa shape index (κ1) is 11.0. The van der Waals surface area contributed by atoms with Gasteiger partial charge in [-0.2, -0.15) is 0 Å². The predicted molar refractivity (Wildman–Crippen MR) is 62.5 cm³/mol. The maximum Gasteiger partial charge on any atom is 0.251 e. The number of hydrogen-bond acceptors (Lipinski definition) is 2. The number of hydrogen-bond donors (Lipinski definition) is 2. The van der Waals surface area contributed by atoms with Gasteiger partial charge in [0.2, 0.25) is 0 Å². The highest BCUT2D eigenvalue weighted by molar-refractivity contribution is 6.30. The Kier molecular flexibility index (Phi) is 2.56. The molecule has 1 aliphatic heterocycles. The fraction of sp³-hybridized carbons (Fsp3) is 0.417. The molecular weight excluding hydrogens is 243 g/mol. The standard InChI is InChI=1S/C12H12ClFN2O/c13-9-2-1-6(3-10(9)14)12(17)16-11-7-4-15-5-8(7)11/h1-3,7-8,11,15H,4-5H2,(H,16,17). The summed E-state index contributed by atoms with van der Waals surface area (Å²) in [5, 5.41) is 6.22. The Labute approximate surface area is 103 Å². The van der Waals surface area contributed by atoms with Gasteiger partial charge in [-0.1, -0.05) is 11.6 Å². The van der Waals surface area contributed by atoms with Crippen molar-refractivity contribution < 1.29 is 9.18 Å². The van der Waals surface area contributed by atoms with Gasteiger partial charge in [-0.25, -0.2) is 4.39 Å². The molecule has 2 N–H and O–H groups in total. The van der Waals surface area contributed by atoms with Crippen LogP contribution in [-0.2, 0) is 0 Å². The number of piperidine rings is 1. The second kappa shape index (κ2) is 3.96. The smallest absolute Gasteiger partial charge is 0.251 e. The van der Waals surface area contributed by atoms with Crippen molar-refractivity contribution in [3.63, 3.8) is 0 Å². The highest BCUT2D eigenvalue weighted by Gasteiger charge is 2.53. The number of carbonyl (C=O) groups excluding carboxylic acids is 1. The summed E-state index contributed by atoms with van der Waals surface area (Å²) in [4.78, 5) is 11.8. The van der Waals surface area contributed by atoms with E-state index in [0.29, 0.717) is 17.4 Å². The minimum Gasteiger partial charge on any atom is -0.349 e. The van der Waals surface area contributed by atoms with E-state index in [-0.39, 0.29) is 17.0 Å². The van der Waals surface area contributed by atoms with Crippen LogP contribution < -0.4 is 10.6 Å². The fourth-order valence-corrected chi connectivity index (χ4v) is 2.62. The normalized spacial score (nSPS) is 29.9. The molecule has 1 aromatic rings. The van der Waals surface area contributed by atoms with Gasteiger partial charge in [0.15, 0.2) is 0 Å². The van der Waals surface area contributed by atoms with Gasteiger partial charge in [0.1, 0.15) is 5.82 Å². The molecule has 17 heavy (non-hydrogen) atoms. The van der Waals surface area contributed by atoms with Crippen molar-refractivity contribution in [2.24, 2.45) is 11.8 Å². The van der Waals surface area contributed by atoms with E-state index in [0.717, 1.165) is 13.1 Å². The Morgan fingerprint density at radius 1 is 1.41 bits per heavy atom. The van der Waals surface area contributed by atoms with E-state index in [1.54, 1.807) is 0 Å². The minimum absolute atomic E-state index is 0.0361. The molecule has 1 aliphatic carbocycles. The SMILES string of the molecule is O=C(NC1C2CNCC21)c1ccc(Cl)c(F)c1. The number of halogens is 2. The summed E-state index contributed by atoms with van der Waals surface area (Å²) >= 11 is 5.57. The van der Waals surface area contributed by atoms with Crippen LogP contribution in [0.15, 0.2) is 18.2 Å². The summed E-state index contributed by atoms with van der Waals surface area (Å²) < 4.78 is 13.2. The van der Waals surface area contributed by atoms with Crippen molar-refractivity contribution in [1.82, 2.24) is 10.6 Å². The van der Waals surface area contributed by atoms with Crippen LogP contribution in [0.5, 0.6) is 0 Å². The lowest BCUT2D eigenvalue weighted by molar-refractivity contribution is 0.0946. The summed E-state index contributed by atoms with van der Waals surface area (Å²) in [7, 11) is 0. The first-order valence-electron chi connectivity index (χ1n) is 5.63. The van der Waals surface area contributed by atoms with Gasteiger partial charge < -0.3 is 10.6 Å². The van der Waals surface area contributed by atoms with E-state index >= 15 is 0 Å². The molecule has 3 nitrogen and oxygen atoms in total. The first-order valence-corrected chi connectivity index (χ1v) is 6.01. The molecule has 2 unspecified atom stereocenters. The van der Waals surface area contributed by atoms with Crippen LogP contribution in [0.2, 0.25) is 5.02 Å². The Balaban J connectivity index is 1.68. The highest BCUT2D eigenvalue weighted by Crippen LogP contribution is 2.41. The lowest BCUT2D eigenvalue weighted by Crippen LogP contribution is -2.32. The molecule has 2 fully saturated rings. The number of rotatable bonds is 2. The van der Waals surface area contributed by atoms with Crippen molar-refractivity contribution in [2.75, 3.05) is 13.1 Å². The molecule has 5 heteroatoms. The highest BCUT2D eigenvalue weighted by atomic mass is 35.5. The number of amides is 1. The van der Waals surface area contributed by atoms with E-state index in [2.05, 4.69) is 10.6 Å². The predicted octanol–water partition coefficient (Wildman–Crippen LogP) is 1.43. The number of nitrogens with one attached hydrogen (secondary N) is 2. The van der Waals surface area contributed by atoms with Gasteiger partial charge in [-0.05, 0) is 30.0 Å². The van der Waals surface area contributed by atoms with Crippen LogP contribution in [0.1, 0.15) is 10.4 Å². The van der Waals surface area contributed by atoms with Gasteiger partial charge in [0.25, 0.3) is 5.91 Å². The molecule has 1 amide bonds. The van der Waals surface area contributed by atoms with Gasteiger partial charge in [0, 0.05) is 24.7 Å². The lowest BCUT2D eigenvalue weighted by atomic mass is 10.2. The molecular formula is C12H12ClFN2O. The quantitative estimate of drug-likeness (QED) is 0.838. The summed E-state index contributed by atoms with van der Waals surface area (Å²) in [6.07, 6.45) is 0. The second-order valence-electron chi connectivity index (χ2n) is 4.61. The minimum atomic E-state index is -0.558. The third kappa shape index (κ3) is 1.91. The van der Waals surface area contributed by atoms with Crippen molar-refractivity contribution >= 4 is 17.5 Å². The van der Waals surface area contributed by atoms with Crippen LogP contribution >= 0.6 is 11.6 Å². The van der Waals surface area contributed by atoms with Crippen molar-refractivity contribution in [1.29, 1.82) is 0 Å². The van der Waals surface area contributed by atoms with Gasteiger partial charge in [-0.3, -0.25) is 4.79 Å². The summed E-state index contributed by atoms with van der Waals surface area (Å²) in [5.41, 5.74) is 0.324. The largest absolute Gasteiger partial charge is 0.349 e. The van der Waals surface area contributed by atoms with Crippen LogP contribution in [0.4, 0.5) is 4.39 Å². The number of carbonyl (C=O) groups is 1. The van der Waals surface area contributed by atoms with E-state index in [4.69, 9.17) is 11.6 Å². The molecule has 0 spiro atoms. The monoisotopic (exact) mass is 254 g/mol. The van der Waals surface area contributed by atoms with Crippen molar-refractivity contribution in [2.45, 2.75) is 6.04 Å². The third-order valence-electron chi connectivity index (χ3n) is 3.57. The molecule has 90 valence electrons. The van der Waals surface area contributed by atoms with E-state index in [1.165, 1.54) is 18.2 Å². The van der Waals surface area contributed by atoms with Crippen LogP contribution in [-0.4, -0.2) is 25.0 Å². The molecule has 0 bridgehead atoms. The maximum atomic E-state index is 13.2. The van der Waals surface area contributed by atoms with Crippen molar-refractivity contribution in [3.05, 3.63) is 34.6 Å². The molecule has 0 radical (unpaired) electrons.